The summed E-state index contributed by atoms with van der Waals surface area (Å²) in [4.78, 5) is 43.6. The van der Waals surface area contributed by atoms with Crippen LogP contribution in [-0.4, -0.2) is 33.4 Å². The topological polar surface area (TPSA) is 75.2 Å². The quantitative estimate of drug-likeness (QED) is 0.476. The Morgan fingerprint density at radius 3 is 2.41 bits per heavy atom. The summed E-state index contributed by atoms with van der Waals surface area (Å²) in [5, 5.41) is 0.594. The lowest BCUT2D eigenvalue weighted by Crippen LogP contribution is -2.39. The van der Waals surface area contributed by atoms with Crippen LogP contribution in [0.4, 0.5) is 0 Å². The smallest absolute Gasteiger partial charge is 0.333 e. The summed E-state index contributed by atoms with van der Waals surface area (Å²) in [6.07, 6.45) is 2.89. The molecular weight excluding hydrogens is 450 g/mol. The first kappa shape index (κ1) is 22.2. The van der Waals surface area contributed by atoms with E-state index in [1.54, 1.807) is 36.4 Å². The Balaban J connectivity index is 1.39. The van der Waals surface area contributed by atoms with Gasteiger partial charge < -0.3 is 9.88 Å². The molecule has 1 N–H and O–H groups in total. The number of aromatic amines is 1. The minimum Gasteiger partial charge on any atom is -0.339 e. The standard InChI is InChI=1S/C27H24ClN3O3/c28-22-11-10-20(17-24(22)31-26(33)21-8-4-5-9-23(21)29-27(31)34)25(32)30-14-12-19(13-15-30)16-18-6-2-1-3-7-18/h1-11,17,19H,12-16H2,(H,29,34). The van der Waals surface area contributed by atoms with Gasteiger partial charge in [0.05, 0.1) is 21.6 Å². The van der Waals surface area contributed by atoms with Crippen molar-refractivity contribution in [2.24, 2.45) is 5.92 Å². The number of nitrogens with zero attached hydrogens (tertiary/aromatic N) is 2. The van der Waals surface area contributed by atoms with Gasteiger partial charge in [-0.25, -0.2) is 9.36 Å². The number of likely N-dealkylation sites (tertiary alicyclic amines) is 1. The van der Waals surface area contributed by atoms with Crippen molar-refractivity contribution in [2.75, 3.05) is 13.1 Å². The van der Waals surface area contributed by atoms with Crippen LogP contribution in [0.1, 0.15) is 28.8 Å². The molecule has 34 heavy (non-hydrogen) atoms. The monoisotopic (exact) mass is 473 g/mol. The van der Waals surface area contributed by atoms with Crippen LogP contribution in [0.3, 0.4) is 0 Å². The van der Waals surface area contributed by atoms with Crippen molar-refractivity contribution in [2.45, 2.75) is 19.3 Å². The normalized spacial score (nSPS) is 14.4. The number of amides is 1. The first-order valence-electron chi connectivity index (χ1n) is 11.4. The molecule has 1 fully saturated rings. The second kappa shape index (κ2) is 9.31. The Bertz CT molecular complexity index is 1470. The third kappa shape index (κ3) is 4.29. The maximum atomic E-state index is 13.3. The average Bonchev–Trinajstić information content (AvgIpc) is 2.86. The summed E-state index contributed by atoms with van der Waals surface area (Å²) in [7, 11) is 0. The van der Waals surface area contributed by atoms with E-state index in [0.717, 1.165) is 23.8 Å². The molecule has 1 amide bonds. The van der Waals surface area contributed by atoms with E-state index in [1.165, 1.54) is 11.6 Å². The molecule has 3 aromatic carbocycles. The number of aromatic nitrogens is 2. The highest BCUT2D eigenvalue weighted by Gasteiger charge is 2.25. The number of carbonyl (C=O) groups excluding carboxylic acids is 1. The second-order valence-electron chi connectivity index (χ2n) is 8.71. The van der Waals surface area contributed by atoms with E-state index < -0.39 is 11.2 Å². The fourth-order valence-electron chi connectivity index (χ4n) is 4.67. The fourth-order valence-corrected chi connectivity index (χ4v) is 4.87. The molecule has 6 nitrogen and oxygen atoms in total. The SMILES string of the molecule is O=C(c1ccc(Cl)c(-n2c(=O)[nH]c3ccccc3c2=O)c1)N1CCC(Cc2ccccc2)CC1. The van der Waals surface area contributed by atoms with Crippen molar-refractivity contribution in [3.05, 3.63) is 110 Å². The van der Waals surface area contributed by atoms with Crippen molar-refractivity contribution in [3.63, 3.8) is 0 Å². The van der Waals surface area contributed by atoms with E-state index in [2.05, 4.69) is 29.2 Å². The number of H-pyrrole nitrogens is 1. The van der Waals surface area contributed by atoms with Gasteiger partial charge in [0, 0.05) is 18.7 Å². The highest BCUT2D eigenvalue weighted by Crippen LogP contribution is 2.25. The second-order valence-corrected chi connectivity index (χ2v) is 9.11. The Morgan fingerprint density at radius 2 is 1.65 bits per heavy atom. The predicted molar refractivity (Wildman–Crippen MR) is 134 cm³/mol. The third-order valence-electron chi connectivity index (χ3n) is 6.51. The lowest BCUT2D eigenvalue weighted by molar-refractivity contribution is 0.0690. The molecule has 0 radical (unpaired) electrons. The summed E-state index contributed by atoms with van der Waals surface area (Å²) >= 11 is 6.38. The Kier molecular flexibility index (Phi) is 6.07. The third-order valence-corrected chi connectivity index (χ3v) is 6.83. The van der Waals surface area contributed by atoms with Crippen LogP contribution >= 0.6 is 11.6 Å². The number of nitrogens with one attached hydrogen (secondary N) is 1. The molecule has 1 aliphatic heterocycles. The number of fused-ring (bicyclic) bond motifs is 1. The van der Waals surface area contributed by atoms with Crippen LogP contribution in [-0.2, 0) is 6.42 Å². The van der Waals surface area contributed by atoms with Gasteiger partial charge in [0.25, 0.3) is 11.5 Å². The first-order chi connectivity index (χ1) is 16.5. The van der Waals surface area contributed by atoms with Crippen LogP contribution < -0.4 is 11.2 Å². The fraction of sp³-hybridized carbons (Fsp3) is 0.222. The van der Waals surface area contributed by atoms with E-state index in [1.807, 2.05) is 11.0 Å². The molecule has 0 unspecified atom stereocenters. The molecule has 5 rings (SSSR count). The van der Waals surface area contributed by atoms with Gasteiger partial charge in [-0.05, 0) is 61.1 Å². The van der Waals surface area contributed by atoms with Gasteiger partial charge >= 0.3 is 5.69 Å². The summed E-state index contributed by atoms with van der Waals surface area (Å²) in [6, 6.07) is 21.9. The molecule has 0 spiro atoms. The zero-order valence-electron chi connectivity index (χ0n) is 18.5. The highest BCUT2D eigenvalue weighted by molar-refractivity contribution is 6.32. The minimum absolute atomic E-state index is 0.124. The number of hydrogen-bond acceptors (Lipinski definition) is 3. The zero-order valence-corrected chi connectivity index (χ0v) is 19.3. The van der Waals surface area contributed by atoms with Crippen molar-refractivity contribution in [1.82, 2.24) is 14.5 Å². The van der Waals surface area contributed by atoms with Crippen LogP contribution in [0.5, 0.6) is 0 Å². The molecule has 0 saturated carbocycles. The Hall–Kier alpha value is -3.64. The Morgan fingerprint density at radius 1 is 0.941 bits per heavy atom. The molecule has 1 aliphatic rings. The molecule has 0 aliphatic carbocycles. The number of para-hydroxylation sites is 1. The zero-order chi connectivity index (χ0) is 23.7. The van der Waals surface area contributed by atoms with Crippen molar-refractivity contribution < 1.29 is 4.79 Å². The van der Waals surface area contributed by atoms with Crippen molar-refractivity contribution in [1.29, 1.82) is 0 Å². The van der Waals surface area contributed by atoms with E-state index >= 15 is 0 Å². The highest BCUT2D eigenvalue weighted by atomic mass is 35.5. The molecule has 172 valence electrons. The maximum absolute atomic E-state index is 13.3. The summed E-state index contributed by atoms with van der Waals surface area (Å²) in [5.41, 5.74) is 1.30. The number of piperidine rings is 1. The van der Waals surface area contributed by atoms with Crippen LogP contribution in [0.2, 0.25) is 5.02 Å². The molecule has 0 bridgehead atoms. The molecule has 0 atom stereocenters. The van der Waals surface area contributed by atoms with E-state index in [4.69, 9.17) is 11.6 Å². The molecule has 2 heterocycles. The van der Waals surface area contributed by atoms with E-state index in [9.17, 15) is 14.4 Å². The van der Waals surface area contributed by atoms with E-state index in [-0.39, 0.29) is 16.6 Å². The van der Waals surface area contributed by atoms with Crippen molar-refractivity contribution >= 4 is 28.4 Å². The van der Waals surface area contributed by atoms with Crippen LogP contribution in [0.15, 0.2) is 82.4 Å². The van der Waals surface area contributed by atoms with Gasteiger partial charge in [-0.3, -0.25) is 9.59 Å². The lowest BCUT2D eigenvalue weighted by Gasteiger charge is -2.32. The summed E-state index contributed by atoms with van der Waals surface area (Å²) in [5.74, 6) is 0.420. The minimum atomic E-state index is -0.600. The van der Waals surface area contributed by atoms with Gasteiger partial charge in [0.15, 0.2) is 0 Å². The molecule has 1 saturated heterocycles. The molecule has 7 heteroatoms. The van der Waals surface area contributed by atoms with Crippen molar-refractivity contribution in [3.8, 4) is 5.69 Å². The van der Waals surface area contributed by atoms with Gasteiger partial charge in [0.1, 0.15) is 0 Å². The molecule has 1 aromatic heterocycles. The van der Waals surface area contributed by atoms with Gasteiger partial charge in [-0.2, -0.15) is 0 Å². The number of benzene rings is 3. The average molecular weight is 474 g/mol. The maximum Gasteiger partial charge on any atom is 0.333 e. The van der Waals surface area contributed by atoms with Crippen LogP contribution in [0, 0.1) is 5.92 Å². The van der Waals surface area contributed by atoms with Gasteiger partial charge in [0.2, 0.25) is 0 Å². The largest absolute Gasteiger partial charge is 0.339 e. The summed E-state index contributed by atoms with van der Waals surface area (Å²) < 4.78 is 0.994. The molecule has 4 aromatic rings. The number of hydrogen-bond donors (Lipinski definition) is 1. The number of halogens is 1. The number of carbonyl (C=O) groups is 1. The van der Waals surface area contributed by atoms with E-state index in [0.29, 0.717) is 35.5 Å². The summed E-state index contributed by atoms with van der Waals surface area (Å²) in [6.45, 7) is 1.34. The van der Waals surface area contributed by atoms with Gasteiger partial charge in [-0.1, -0.05) is 54.1 Å². The van der Waals surface area contributed by atoms with Gasteiger partial charge in [-0.15, -0.1) is 0 Å². The predicted octanol–water partition coefficient (Wildman–Crippen LogP) is 4.43. The van der Waals surface area contributed by atoms with Crippen LogP contribution in [0.25, 0.3) is 16.6 Å². The lowest BCUT2D eigenvalue weighted by atomic mass is 9.90. The first-order valence-corrected chi connectivity index (χ1v) is 11.8. The number of rotatable bonds is 4. The molecular formula is C27H24ClN3O3. The Labute approximate surface area is 201 Å².